The number of anilines is 1. The fraction of sp³-hybridized carbons (Fsp3) is 0.300. The smallest absolute Gasteiger partial charge is 0.227 e. The van der Waals surface area contributed by atoms with Gasteiger partial charge in [-0.05, 0) is 24.6 Å². The Morgan fingerprint density at radius 2 is 2.23 bits per heavy atom. The lowest BCUT2D eigenvalue weighted by Crippen LogP contribution is -2.23. The second kappa shape index (κ2) is 3.50. The van der Waals surface area contributed by atoms with E-state index in [0.717, 1.165) is 23.1 Å². The normalized spacial score (nSPS) is 16.7. The van der Waals surface area contributed by atoms with E-state index in [1.54, 1.807) is 0 Å². The topological polar surface area (TPSA) is 20.3 Å². The lowest BCUT2D eigenvalue weighted by Gasteiger charge is -2.15. The molecule has 1 fully saturated rings. The van der Waals surface area contributed by atoms with Crippen LogP contribution in [0.5, 0.6) is 0 Å². The first-order chi connectivity index (χ1) is 6.27. The molecule has 1 aromatic carbocycles. The van der Waals surface area contributed by atoms with Crippen LogP contribution in [0.2, 0.25) is 0 Å². The van der Waals surface area contributed by atoms with Crippen molar-refractivity contribution in [1.82, 2.24) is 0 Å². The summed E-state index contributed by atoms with van der Waals surface area (Å²) >= 11 is 3.39. The molecule has 0 unspecified atom stereocenters. The van der Waals surface area contributed by atoms with Crippen LogP contribution in [0.15, 0.2) is 28.7 Å². The van der Waals surface area contributed by atoms with Crippen LogP contribution in [-0.4, -0.2) is 12.5 Å². The van der Waals surface area contributed by atoms with Crippen LogP contribution < -0.4 is 4.90 Å². The van der Waals surface area contributed by atoms with Gasteiger partial charge < -0.3 is 4.90 Å². The largest absolute Gasteiger partial charge is 0.312 e. The van der Waals surface area contributed by atoms with Crippen molar-refractivity contribution in [3.8, 4) is 0 Å². The van der Waals surface area contributed by atoms with E-state index in [2.05, 4.69) is 15.9 Å². The van der Waals surface area contributed by atoms with Crippen molar-refractivity contribution in [2.24, 2.45) is 0 Å². The summed E-state index contributed by atoms with van der Waals surface area (Å²) in [5, 5.41) is 0. The Hall–Kier alpha value is -0.830. The maximum atomic E-state index is 11.4. The Labute approximate surface area is 85.7 Å². The number of nitrogens with zero attached hydrogens (tertiary/aromatic N) is 1. The second-order valence-electron chi connectivity index (χ2n) is 3.13. The van der Waals surface area contributed by atoms with Gasteiger partial charge in [0.25, 0.3) is 0 Å². The highest BCUT2D eigenvalue weighted by molar-refractivity contribution is 9.10. The maximum Gasteiger partial charge on any atom is 0.227 e. The summed E-state index contributed by atoms with van der Waals surface area (Å²) in [4.78, 5) is 13.2. The minimum atomic E-state index is 0.234. The number of hydrogen-bond acceptors (Lipinski definition) is 1. The molecule has 0 N–H and O–H groups in total. The zero-order valence-electron chi connectivity index (χ0n) is 7.16. The first kappa shape index (κ1) is 8.75. The van der Waals surface area contributed by atoms with E-state index in [4.69, 9.17) is 0 Å². The molecule has 3 heteroatoms. The molecule has 68 valence electrons. The Bertz CT molecular complexity index is 337. The average Bonchev–Trinajstić information content (AvgIpc) is 2.51. The number of benzene rings is 1. The molecule has 13 heavy (non-hydrogen) atoms. The Morgan fingerprint density at radius 3 is 2.85 bits per heavy atom. The van der Waals surface area contributed by atoms with Gasteiger partial charge in [-0.15, -0.1) is 0 Å². The standard InChI is InChI=1S/C10H10BrNO/c11-8-3-1-4-9(7-8)12-6-2-5-10(12)13/h1,3-4,7H,2,5-6H2/i10+1. The minimum absolute atomic E-state index is 0.234. The van der Waals surface area contributed by atoms with E-state index in [1.165, 1.54) is 0 Å². The molecule has 0 saturated carbocycles. The van der Waals surface area contributed by atoms with Gasteiger partial charge in [-0.1, -0.05) is 22.0 Å². The van der Waals surface area contributed by atoms with Gasteiger partial charge in [-0.3, -0.25) is 4.79 Å². The molecule has 0 radical (unpaired) electrons. The average molecular weight is 241 g/mol. The van der Waals surface area contributed by atoms with Crippen molar-refractivity contribution in [2.75, 3.05) is 11.4 Å². The first-order valence-corrected chi connectivity index (χ1v) is 5.12. The number of carbonyl (C=O) groups is 1. The highest BCUT2D eigenvalue weighted by Crippen LogP contribution is 2.23. The van der Waals surface area contributed by atoms with E-state index >= 15 is 0 Å². The van der Waals surface area contributed by atoms with Crippen LogP contribution in [0.1, 0.15) is 12.8 Å². The molecule has 1 amide bonds. The quantitative estimate of drug-likeness (QED) is 0.692. The number of halogens is 1. The zero-order valence-corrected chi connectivity index (χ0v) is 8.75. The molecular formula is C10H10BrNO. The number of carbonyl (C=O) groups excluding carboxylic acids is 1. The molecule has 2 rings (SSSR count). The van der Waals surface area contributed by atoms with E-state index in [9.17, 15) is 4.79 Å². The number of hydrogen-bond donors (Lipinski definition) is 0. The van der Waals surface area contributed by atoms with E-state index in [-0.39, 0.29) is 5.91 Å². The van der Waals surface area contributed by atoms with Crippen LogP contribution in [0.4, 0.5) is 5.69 Å². The molecule has 0 aromatic heterocycles. The fourth-order valence-electron chi connectivity index (χ4n) is 1.57. The summed E-state index contributed by atoms with van der Waals surface area (Å²) in [7, 11) is 0. The molecule has 1 saturated heterocycles. The third kappa shape index (κ3) is 1.75. The zero-order chi connectivity index (χ0) is 9.26. The predicted octanol–water partition coefficient (Wildman–Crippen LogP) is 2.58. The Morgan fingerprint density at radius 1 is 1.38 bits per heavy atom. The summed E-state index contributed by atoms with van der Waals surface area (Å²) in [6.07, 6.45) is 1.66. The van der Waals surface area contributed by atoms with Crippen LogP contribution in [0, 0.1) is 0 Å². The highest BCUT2D eigenvalue weighted by atomic mass is 79.9. The van der Waals surface area contributed by atoms with Crippen molar-refractivity contribution < 1.29 is 4.79 Å². The molecular weight excluding hydrogens is 231 g/mol. The van der Waals surface area contributed by atoms with Crippen molar-refractivity contribution in [3.05, 3.63) is 28.7 Å². The Kier molecular flexibility index (Phi) is 2.36. The van der Waals surface area contributed by atoms with Gasteiger partial charge in [0.2, 0.25) is 5.91 Å². The van der Waals surface area contributed by atoms with Crippen LogP contribution >= 0.6 is 15.9 Å². The second-order valence-corrected chi connectivity index (χ2v) is 4.04. The summed E-state index contributed by atoms with van der Waals surface area (Å²) < 4.78 is 1.02. The molecule has 1 heterocycles. The van der Waals surface area contributed by atoms with Crippen molar-refractivity contribution >= 4 is 27.5 Å². The summed E-state index contributed by atoms with van der Waals surface area (Å²) in [6.45, 7) is 0.856. The van der Waals surface area contributed by atoms with Crippen LogP contribution in [0.25, 0.3) is 0 Å². The van der Waals surface area contributed by atoms with Gasteiger partial charge in [0, 0.05) is 23.1 Å². The monoisotopic (exact) mass is 240 g/mol. The fourth-order valence-corrected chi connectivity index (χ4v) is 1.95. The van der Waals surface area contributed by atoms with Gasteiger partial charge in [0.1, 0.15) is 0 Å². The van der Waals surface area contributed by atoms with E-state index in [0.29, 0.717) is 6.42 Å². The lowest BCUT2D eigenvalue weighted by molar-refractivity contribution is -0.117. The lowest BCUT2D eigenvalue weighted by atomic mass is 10.3. The van der Waals surface area contributed by atoms with E-state index in [1.807, 2.05) is 29.2 Å². The van der Waals surface area contributed by atoms with Gasteiger partial charge in [-0.2, -0.15) is 0 Å². The molecule has 2 nitrogen and oxygen atoms in total. The molecule has 0 spiro atoms. The highest BCUT2D eigenvalue weighted by Gasteiger charge is 2.21. The maximum absolute atomic E-state index is 11.4. The predicted molar refractivity (Wildman–Crippen MR) is 55.7 cm³/mol. The summed E-state index contributed by atoms with van der Waals surface area (Å²) in [5.74, 6) is 0.234. The van der Waals surface area contributed by atoms with Gasteiger partial charge in [0.05, 0.1) is 0 Å². The van der Waals surface area contributed by atoms with E-state index < -0.39 is 0 Å². The molecule has 1 aliphatic rings. The minimum Gasteiger partial charge on any atom is -0.312 e. The van der Waals surface area contributed by atoms with Crippen molar-refractivity contribution in [1.29, 1.82) is 0 Å². The van der Waals surface area contributed by atoms with Gasteiger partial charge in [0.15, 0.2) is 0 Å². The third-order valence-corrected chi connectivity index (χ3v) is 2.69. The Balaban J connectivity index is 2.29. The molecule has 1 aromatic rings. The molecule has 1 aliphatic heterocycles. The third-order valence-electron chi connectivity index (χ3n) is 2.19. The summed E-state index contributed by atoms with van der Waals surface area (Å²) in [5.41, 5.74) is 0.997. The van der Waals surface area contributed by atoms with Gasteiger partial charge in [-0.25, -0.2) is 0 Å². The van der Waals surface area contributed by atoms with Gasteiger partial charge >= 0.3 is 0 Å². The summed E-state index contributed by atoms with van der Waals surface area (Å²) in [6, 6.07) is 7.85. The number of amides is 1. The van der Waals surface area contributed by atoms with Crippen LogP contribution in [0.3, 0.4) is 0 Å². The molecule has 0 atom stereocenters. The van der Waals surface area contributed by atoms with Crippen molar-refractivity contribution in [2.45, 2.75) is 12.8 Å². The molecule has 0 bridgehead atoms. The van der Waals surface area contributed by atoms with Crippen LogP contribution in [-0.2, 0) is 4.79 Å². The molecule has 0 aliphatic carbocycles. The van der Waals surface area contributed by atoms with Crippen molar-refractivity contribution in [3.63, 3.8) is 0 Å². The first-order valence-electron chi connectivity index (χ1n) is 4.33. The number of rotatable bonds is 1. The SMILES string of the molecule is O=[13C]1CCCN1c1cccc(Br)c1.